The van der Waals surface area contributed by atoms with Gasteiger partial charge in [-0.1, -0.05) is 140 Å². The summed E-state index contributed by atoms with van der Waals surface area (Å²) < 4.78 is 6.09. The second kappa shape index (κ2) is 17.5. The van der Waals surface area contributed by atoms with E-state index in [1.165, 1.54) is 89.0 Å². The summed E-state index contributed by atoms with van der Waals surface area (Å²) in [6, 6.07) is 0. The number of esters is 1. The zero-order valence-corrected chi connectivity index (χ0v) is 30.9. The third kappa shape index (κ3) is 9.19. The Balaban J connectivity index is 1.20. The first-order chi connectivity index (χ1) is 22.1. The van der Waals surface area contributed by atoms with E-state index >= 15 is 0 Å². The Hall–Kier alpha value is -1.83. The van der Waals surface area contributed by atoms with Crippen LogP contribution in [-0.4, -0.2) is 12.1 Å². The normalized spacial score (nSPS) is 31.4. The maximum atomic E-state index is 12.8. The number of ether oxygens (including phenoxy) is 1. The molecular formula is C44H70O2. The van der Waals surface area contributed by atoms with Gasteiger partial charge in [-0.25, -0.2) is 0 Å². The minimum absolute atomic E-state index is 0.0258. The quantitative estimate of drug-likeness (QED) is 0.0652. The topological polar surface area (TPSA) is 26.3 Å². The lowest BCUT2D eigenvalue weighted by Gasteiger charge is -2.55. The highest BCUT2D eigenvalue weighted by Gasteiger charge is 2.57. The van der Waals surface area contributed by atoms with Crippen LogP contribution in [0.25, 0.3) is 0 Å². The van der Waals surface area contributed by atoms with Gasteiger partial charge < -0.3 is 4.74 Å². The van der Waals surface area contributed by atoms with Gasteiger partial charge in [0.25, 0.3) is 0 Å². The van der Waals surface area contributed by atoms with Crippen molar-refractivity contribution in [2.45, 2.75) is 170 Å². The van der Waals surface area contributed by atoms with Crippen molar-refractivity contribution in [3.8, 4) is 0 Å². The average molecular weight is 631 g/mol. The number of rotatable bonds is 18. The van der Waals surface area contributed by atoms with Crippen molar-refractivity contribution in [2.75, 3.05) is 0 Å². The second-order valence-electron chi connectivity index (χ2n) is 16.5. The molecule has 0 heterocycles. The lowest BCUT2D eigenvalue weighted by Crippen LogP contribution is -2.46. The first-order valence-corrected chi connectivity index (χ1v) is 19.7. The van der Waals surface area contributed by atoms with Crippen molar-refractivity contribution >= 4 is 5.97 Å². The third-order valence-electron chi connectivity index (χ3n) is 13.0. The Kier molecular flexibility index (Phi) is 14.1. The number of allylic oxidation sites excluding steroid dienone is 8. The molecule has 2 nitrogen and oxygen atoms in total. The maximum absolute atomic E-state index is 12.8. The van der Waals surface area contributed by atoms with Gasteiger partial charge in [0.05, 0.1) is 0 Å². The van der Waals surface area contributed by atoms with E-state index in [9.17, 15) is 4.79 Å². The number of carbonyl (C=O) groups excluding carboxylic acids is 1. The largest absolute Gasteiger partial charge is 0.462 e. The molecule has 0 radical (unpaired) electrons. The third-order valence-corrected chi connectivity index (χ3v) is 13.0. The predicted molar refractivity (Wildman–Crippen MR) is 198 cm³/mol. The van der Waals surface area contributed by atoms with Gasteiger partial charge in [-0.05, 0) is 111 Å². The van der Waals surface area contributed by atoms with Gasteiger partial charge in [-0.15, -0.1) is 0 Å². The van der Waals surface area contributed by atoms with Crippen LogP contribution in [0.2, 0.25) is 0 Å². The van der Waals surface area contributed by atoms with Crippen molar-refractivity contribution in [1.29, 1.82) is 0 Å². The van der Waals surface area contributed by atoms with E-state index in [1.807, 2.05) is 0 Å². The molecule has 0 unspecified atom stereocenters. The maximum Gasteiger partial charge on any atom is 0.306 e. The van der Waals surface area contributed by atoms with Gasteiger partial charge >= 0.3 is 5.97 Å². The van der Waals surface area contributed by atoms with Crippen molar-refractivity contribution < 1.29 is 9.53 Å². The molecule has 258 valence electrons. The highest BCUT2D eigenvalue weighted by atomic mass is 16.5. The second-order valence-corrected chi connectivity index (χ2v) is 16.5. The highest BCUT2D eigenvalue weighted by molar-refractivity contribution is 5.69. The molecule has 4 rings (SSSR count). The Morgan fingerprint density at radius 2 is 1.59 bits per heavy atom. The fourth-order valence-corrected chi connectivity index (χ4v) is 9.81. The summed E-state index contributed by atoms with van der Waals surface area (Å²) in [5.41, 5.74) is 5.16. The standard InChI is InChI=1S/C44H70O2/c1-8-9-10-11-12-13-14-15-16-17-18-19-20-21-42(45)46-37-28-30-43(6)36(32-37)24-25-38-40-27-26-39(44(40,7)31-29-41(38)43)35(5)23-22-34(4)33(2)3/h13-14,22-25,33,35,37,39-41H,4,8-12,15-21,26-32H2,1-3,5-7H3/b14-13-,23-22+/t35-,37+,39-,40+,41+,43+,44-/m1/s1. The molecule has 0 saturated heterocycles. The van der Waals surface area contributed by atoms with E-state index in [1.54, 1.807) is 11.1 Å². The van der Waals surface area contributed by atoms with Crippen LogP contribution >= 0.6 is 0 Å². The van der Waals surface area contributed by atoms with Crippen molar-refractivity contribution in [3.05, 3.63) is 59.8 Å². The molecule has 7 atom stereocenters. The first-order valence-electron chi connectivity index (χ1n) is 19.7. The summed E-state index contributed by atoms with van der Waals surface area (Å²) >= 11 is 0. The van der Waals surface area contributed by atoms with E-state index in [4.69, 9.17) is 4.74 Å². The molecule has 0 N–H and O–H groups in total. The molecule has 2 heteroatoms. The molecule has 0 bridgehead atoms. The molecule has 0 spiro atoms. The number of hydrogen-bond donors (Lipinski definition) is 0. The van der Waals surface area contributed by atoms with Crippen LogP contribution in [-0.2, 0) is 9.53 Å². The Bertz CT molecular complexity index is 1120. The van der Waals surface area contributed by atoms with Gasteiger partial charge in [0.15, 0.2) is 0 Å². The van der Waals surface area contributed by atoms with E-state index in [0.717, 1.165) is 38.0 Å². The van der Waals surface area contributed by atoms with Crippen molar-refractivity contribution in [3.63, 3.8) is 0 Å². The molecule has 3 fully saturated rings. The zero-order valence-electron chi connectivity index (χ0n) is 30.9. The van der Waals surface area contributed by atoms with Gasteiger partial charge in [0.1, 0.15) is 6.10 Å². The Labute approximate surface area is 284 Å². The van der Waals surface area contributed by atoms with Crippen molar-refractivity contribution in [1.82, 2.24) is 0 Å². The SMILES string of the molecule is C=C(/C=C/[C@@H](C)[C@H]1CC[C@H]2C3=CC=C4C[C@@H](OC(=O)CCCCCCC/C=C\CCCCCC)CC[C@]4(C)[C@H]3CC[C@]12C)C(C)C. The fourth-order valence-electron chi connectivity index (χ4n) is 9.81. The molecule has 0 aromatic carbocycles. The lowest BCUT2D eigenvalue weighted by atomic mass is 9.50. The number of carbonyl (C=O) groups is 1. The number of hydrogen-bond acceptors (Lipinski definition) is 2. The molecule has 0 aromatic heterocycles. The highest BCUT2D eigenvalue weighted by Crippen LogP contribution is 2.66. The van der Waals surface area contributed by atoms with Crippen LogP contribution in [0.4, 0.5) is 0 Å². The summed E-state index contributed by atoms with van der Waals surface area (Å²) in [7, 11) is 0. The average Bonchev–Trinajstić information content (AvgIpc) is 3.39. The number of fused-ring (bicyclic) bond motifs is 5. The van der Waals surface area contributed by atoms with Crippen LogP contribution < -0.4 is 0 Å². The summed E-state index contributed by atoms with van der Waals surface area (Å²) in [6.07, 6.45) is 37.3. The molecule has 0 aromatic rings. The first kappa shape index (κ1) is 37.0. The molecule has 3 saturated carbocycles. The predicted octanol–water partition coefficient (Wildman–Crippen LogP) is 13.1. The Morgan fingerprint density at radius 3 is 2.30 bits per heavy atom. The summed E-state index contributed by atoms with van der Waals surface area (Å²) in [6.45, 7) is 18.6. The van der Waals surface area contributed by atoms with E-state index in [0.29, 0.717) is 35.5 Å². The minimum atomic E-state index is 0.0258. The van der Waals surface area contributed by atoms with Crippen molar-refractivity contribution in [2.24, 2.45) is 40.4 Å². The van der Waals surface area contributed by atoms with Crippen LogP contribution in [0.5, 0.6) is 0 Å². The smallest absolute Gasteiger partial charge is 0.306 e. The summed E-state index contributed by atoms with van der Waals surface area (Å²) in [5, 5.41) is 0. The van der Waals surface area contributed by atoms with Crippen LogP contribution in [0.3, 0.4) is 0 Å². The van der Waals surface area contributed by atoms with Gasteiger partial charge in [-0.3, -0.25) is 4.79 Å². The fraction of sp³-hybridized carbons (Fsp3) is 0.750. The molecule has 4 aliphatic carbocycles. The molecule has 4 aliphatic rings. The molecule has 0 aliphatic heterocycles. The van der Waals surface area contributed by atoms with Crippen LogP contribution in [0.15, 0.2) is 59.8 Å². The van der Waals surface area contributed by atoms with E-state index in [2.05, 4.69) is 84.6 Å². The summed E-state index contributed by atoms with van der Waals surface area (Å²) in [5.74, 6) is 3.25. The zero-order chi connectivity index (χ0) is 33.2. The summed E-state index contributed by atoms with van der Waals surface area (Å²) in [4.78, 5) is 12.8. The lowest BCUT2D eigenvalue weighted by molar-refractivity contribution is -0.151. The monoisotopic (exact) mass is 631 g/mol. The molecular weight excluding hydrogens is 560 g/mol. The van der Waals surface area contributed by atoms with Gasteiger partial charge in [0.2, 0.25) is 0 Å². The van der Waals surface area contributed by atoms with Gasteiger partial charge in [-0.2, -0.15) is 0 Å². The van der Waals surface area contributed by atoms with Crippen LogP contribution in [0.1, 0.15) is 164 Å². The molecule has 46 heavy (non-hydrogen) atoms. The van der Waals surface area contributed by atoms with Crippen LogP contribution in [0, 0.1) is 40.4 Å². The van der Waals surface area contributed by atoms with E-state index < -0.39 is 0 Å². The van der Waals surface area contributed by atoms with Gasteiger partial charge in [0, 0.05) is 12.8 Å². The van der Waals surface area contributed by atoms with E-state index in [-0.39, 0.29) is 17.5 Å². The number of unbranched alkanes of at least 4 members (excludes halogenated alkanes) is 9. The minimum Gasteiger partial charge on any atom is -0.462 e. The Morgan fingerprint density at radius 1 is 0.891 bits per heavy atom. The molecule has 0 amide bonds.